The summed E-state index contributed by atoms with van der Waals surface area (Å²) in [6, 6.07) is 2.91. The highest BCUT2D eigenvalue weighted by Gasteiger charge is 2.12. The van der Waals surface area contributed by atoms with Gasteiger partial charge in [-0.05, 0) is 12.1 Å². The number of sulfonamides is 1. The maximum Gasteiger partial charge on any atom is 0.271 e. The molecule has 0 atom stereocenters. The van der Waals surface area contributed by atoms with Gasteiger partial charge < -0.3 is 9.73 Å². The number of nitrogens with two attached hydrogens (primary N) is 1. The molecule has 2 heterocycles. The van der Waals surface area contributed by atoms with Gasteiger partial charge in [0.15, 0.2) is 0 Å². The summed E-state index contributed by atoms with van der Waals surface area (Å²) in [5, 5.41) is 14.3. The van der Waals surface area contributed by atoms with Crippen LogP contribution in [0.25, 0.3) is 0 Å². The fourth-order valence-corrected chi connectivity index (χ4v) is 1.86. The second-order valence-electron chi connectivity index (χ2n) is 3.62. The largest absolute Gasteiger partial charge is 0.447 e. The second-order valence-corrected chi connectivity index (χ2v) is 5.12. The highest BCUT2D eigenvalue weighted by atomic mass is 32.2. The first-order valence-corrected chi connectivity index (χ1v) is 6.77. The van der Waals surface area contributed by atoms with Gasteiger partial charge in [-0.2, -0.15) is 5.10 Å². The first kappa shape index (κ1) is 12.7. The summed E-state index contributed by atoms with van der Waals surface area (Å²) in [6.07, 6.45) is 2.14. The Labute approximate surface area is 104 Å². The predicted molar refractivity (Wildman–Crippen MR) is 61.9 cm³/mol. The molecule has 0 saturated heterocycles. The molecule has 9 heteroatoms. The van der Waals surface area contributed by atoms with E-state index < -0.39 is 10.0 Å². The van der Waals surface area contributed by atoms with Crippen molar-refractivity contribution in [1.82, 2.24) is 20.5 Å². The normalized spacial score (nSPS) is 11.8. The van der Waals surface area contributed by atoms with Crippen LogP contribution in [0.15, 0.2) is 28.0 Å². The molecule has 0 aliphatic rings. The van der Waals surface area contributed by atoms with E-state index in [1.54, 1.807) is 6.07 Å². The molecule has 0 amide bonds. The maximum absolute atomic E-state index is 11.0. The van der Waals surface area contributed by atoms with E-state index in [-0.39, 0.29) is 5.09 Å². The van der Waals surface area contributed by atoms with Crippen molar-refractivity contribution in [2.24, 2.45) is 5.14 Å². The average molecular weight is 271 g/mol. The number of hydrogen-bond donors (Lipinski definition) is 3. The van der Waals surface area contributed by atoms with E-state index in [0.717, 1.165) is 5.82 Å². The minimum atomic E-state index is -3.77. The van der Waals surface area contributed by atoms with E-state index in [9.17, 15) is 8.42 Å². The Hall–Kier alpha value is -1.71. The number of nitrogens with one attached hydrogen (secondary N) is 2. The number of H-pyrrole nitrogens is 1. The summed E-state index contributed by atoms with van der Waals surface area (Å²) in [4.78, 5) is 3.97. The van der Waals surface area contributed by atoms with Gasteiger partial charge in [0.1, 0.15) is 17.9 Å². The Morgan fingerprint density at radius 3 is 2.89 bits per heavy atom. The third-order valence-corrected chi connectivity index (χ3v) is 3.00. The van der Waals surface area contributed by atoms with Gasteiger partial charge >= 0.3 is 0 Å². The molecule has 4 N–H and O–H groups in total. The molecular formula is C9H13N5O3S. The molecular weight excluding hydrogens is 258 g/mol. The molecule has 2 rings (SSSR count). The first-order valence-electron chi connectivity index (χ1n) is 5.22. The van der Waals surface area contributed by atoms with Crippen molar-refractivity contribution in [2.45, 2.75) is 18.1 Å². The molecule has 98 valence electrons. The van der Waals surface area contributed by atoms with Gasteiger partial charge in [-0.25, -0.2) is 18.5 Å². The van der Waals surface area contributed by atoms with Crippen molar-refractivity contribution >= 4 is 10.0 Å². The third-order valence-electron chi connectivity index (χ3n) is 2.22. The molecule has 2 aromatic heterocycles. The van der Waals surface area contributed by atoms with Crippen LogP contribution in [-0.2, 0) is 23.0 Å². The monoisotopic (exact) mass is 271 g/mol. The molecule has 2 aromatic rings. The zero-order valence-corrected chi connectivity index (χ0v) is 10.3. The zero-order valence-electron chi connectivity index (χ0n) is 9.46. The molecule has 0 radical (unpaired) electrons. The van der Waals surface area contributed by atoms with Crippen LogP contribution in [-0.4, -0.2) is 30.1 Å². The highest BCUT2D eigenvalue weighted by Crippen LogP contribution is 2.11. The molecule has 0 aromatic carbocycles. The quantitative estimate of drug-likeness (QED) is 0.601. The van der Waals surface area contributed by atoms with Crippen molar-refractivity contribution < 1.29 is 12.8 Å². The molecule has 18 heavy (non-hydrogen) atoms. The van der Waals surface area contributed by atoms with E-state index in [1.807, 2.05) is 0 Å². The van der Waals surface area contributed by atoms with Gasteiger partial charge in [0, 0.05) is 13.0 Å². The highest BCUT2D eigenvalue weighted by molar-refractivity contribution is 7.89. The summed E-state index contributed by atoms with van der Waals surface area (Å²) in [7, 11) is -3.77. The lowest BCUT2D eigenvalue weighted by atomic mass is 10.4. The summed E-state index contributed by atoms with van der Waals surface area (Å²) in [5.41, 5.74) is 0. The summed E-state index contributed by atoms with van der Waals surface area (Å²) < 4.78 is 27.0. The Kier molecular flexibility index (Phi) is 3.75. The standard InChI is InChI=1S/C9H13N5O3S/c10-18(15,16)9-2-1-7(17-9)5-11-4-3-8-12-6-13-14-8/h1-2,6,11H,3-5H2,(H2,10,15,16)(H,12,13,14). The molecule has 0 bridgehead atoms. The lowest BCUT2D eigenvalue weighted by molar-refractivity contribution is 0.403. The minimum Gasteiger partial charge on any atom is -0.447 e. The van der Waals surface area contributed by atoms with Crippen molar-refractivity contribution in [1.29, 1.82) is 0 Å². The number of hydrogen-bond acceptors (Lipinski definition) is 6. The van der Waals surface area contributed by atoms with Crippen LogP contribution < -0.4 is 10.5 Å². The molecule has 0 aliphatic heterocycles. The molecule has 0 fully saturated rings. The number of aromatic nitrogens is 3. The van der Waals surface area contributed by atoms with Gasteiger partial charge in [-0.3, -0.25) is 5.10 Å². The number of furan rings is 1. The van der Waals surface area contributed by atoms with Gasteiger partial charge in [0.2, 0.25) is 5.09 Å². The van der Waals surface area contributed by atoms with Crippen LogP contribution in [0.3, 0.4) is 0 Å². The first-order chi connectivity index (χ1) is 8.55. The lowest BCUT2D eigenvalue weighted by Gasteiger charge is -2.00. The third kappa shape index (κ3) is 3.39. The van der Waals surface area contributed by atoms with Crippen molar-refractivity contribution in [3.8, 4) is 0 Å². The van der Waals surface area contributed by atoms with E-state index in [0.29, 0.717) is 25.3 Å². The molecule has 0 spiro atoms. The van der Waals surface area contributed by atoms with Crippen LogP contribution in [0.5, 0.6) is 0 Å². The predicted octanol–water partition coefficient (Wildman–Crippen LogP) is -0.623. The van der Waals surface area contributed by atoms with Crippen LogP contribution in [0.2, 0.25) is 0 Å². The fraction of sp³-hybridized carbons (Fsp3) is 0.333. The SMILES string of the molecule is NS(=O)(=O)c1ccc(CNCCc2ncn[nH]2)o1. The Morgan fingerprint density at radius 1 is 1.44 bits per heavy atom. The maximum atomic E-state index is 11.0. The topological polar surface area (TPSA) is 127 Å². The van der Waals surface area contributed by atoms with Gasteiger partial charge in [-0.15, -0.1) is 0 Å². The van der Waals surface area contributed by atoms with Gasteiger partial charge in [-0.1, -0.05) is 0 Å². The van der Waals surface area contributed by atoms with Crippen LogP contribution >= 0.6 is 0 Å². The van der Waals surface area contributed by atoms with E-state index in [1.165, 1.54) is 12.4 Å². The second kappa shape index (κ2) is 5.29. The number of aromatic amines is 1. The van der Waals surface area contributed by atoms with Crippen molar-refractivity contribution in [3.05, 3.63) is 30.0 Å². The Morgan fingerprint density at radius 2 is 2.28 bits per heavy atom. The van der Waals surface area contributed by atoms with Crippen LogP contribution in [0.4, 0.5) is 0 Å². The Balaban J connectivity index is 1.79. The Bertz CT molecular complexity index is 590. The summed E-state index contributed by atoms with van der Waals surface area (Å²) in [6.45, 7) is 1.09. The molecule has 0 aliphatic carbocycles. The lowest BCUT2D eigenvalue weighted by Crippen LogP contribution is -2.17. The van der Waals surface area contributed by atoms with Crippen LogP contribution in [0, 0.1) is 0 Å². The summed E-state index contributed by atoms with van der Waals surface area (Å²) >= 11 is 0. The van der Waals surface area contributed by atoms with Crippen molar-refractivity contribution in [2.75, 3.05) is 6.54 Å². The van der Waals surface area contributed by atoms with E-state index >= 15 is 0 Å². The fourth-order valence-electron chi connectivity index (χ4n) is 1.38. The summed E-state index contributed by atoms with van der Waals surface area (Å²) in [5.74, 6) is 1.30. The zero-order chi connectivity index (χ0) is 13.0. The smallest absolute Gasteiger partial charge is 0.271 e. The van der Waals surface area contributed by atoms with Crippen LogP contribution in [0.1, 0.15) is 11.6 Å². The van der Waals surface area contributed by atoms with E-state index in [2.05, 4.69) is 20.5 Å². The molecule has 8 nitrogen and oxygen atoms in total. The average Bonchev–Trinajstić information content (AvgIpc) is 2.95. The number of rotatable bonds is 6. The minimum absolute atomic E-state index is 0.227. The molecule has 0 unspecified atom stereocenters. The van der Waals surface area contributed by atoms with Gasteiger partial charge in [0.05, 0.1) is 6.54 Å². The van der Waals surface area contributed by atoms with Gasteiger partial charge in [0.25, 0.3) is 10.0 Å². The van der Waals surface area contributed by atoms with E-state index in [4.69, 9.17) is 9.56 Å². The number of primary sulfonamides is 1. The number of nitrogens with zero attached hydrogens (tertiary/aromatic N) is 2. The van der Waals surface area contributed by atoms with Crippen molar-refractivity contribution in [3.63, 3.8) is 0 Å². The molecule has 0 saturated carbocycles.